The molecule has 0 aromatic carbocycles. The third-order valence-electron chi connectivity index (χ3n) is 2.86. The summed E-state index contributed by atoms with van der Waals surface area (Å²) >= 11 is 5.86. The van der Waals surface area contributed by atoms with E-state index in [0.717, 1.165) is 18.5 Å². The molecule has 0 N–H and O–H groups in total. The molecule has 1 amide bonds. The molecule has 0 saturated heterocycles. The fourth-order valence-electron chi connectivity index (χ4n) is 1.77. The van der Waals surface area contributed by atoms with Gasteiger partial charge in [0.2, 0.25) is 0 Å². The molecule has 0 spiro atoms. The molecule has 0 aliphatic carbocycles. The Morgan fingerprint density at radius 2 is 2.18 bits per heavy atom. The Balaban J connectivity index is 2.88. The van der Waals surface area contributed by atoms with Crippen LogP contribution in [0.25, 0.3) is 0 Å². The van der Waals surface area contributed by atoms with Crippen LogP contribution < -0.4 is 0 Å². The molecule has 4 heteroatoms. The first-order valence-corrected chi connectivity index (χ1v) is 6.24. The van der Waals surface area contributed by atoms with E-state index in [1.165, 1.54) is 0 Å². The van der Waals surface area contributed by atoms with Crippen molar-refractivity contribution < 1.29 is 4.79 Å². The second-order valence-electron chi connectivity index (χ2n) is 4.37. The second kappa shape index (κ2) is 6.01. The Labute approximate surface area is 108 Å². The van der Waals surface area contributed by atoms with Gasteiger partial charge in [-0.25, -0.2) is 4.98 Å². The molecule has 1 unspecified atom stereocenters. The van der Waals surface area contributed by atoms with Crippen LogP contribution >= 0.6 is 11.6 Å². The molecule has 3 nitrogen and oxygen atoms in total. The normalized spacial score (nSPS) is 12.3. The Hall–Kier alpha value is -1.09. The van der Waals surface area contributed by atoms with E-state index in [2.05, 4.69) is 18.8 Å². The predicted octanol–water partition coefficient (Wildman–Crippen LogP) is 3.30. The lowest BCUT2D eigenvalue weighted by Crippen LogP contribution is -2.35. The van der Waals surface area contributed by atoms with Gasteiger partial charge in [-0.2, -0.15) is 0 Å². The number of rotatable bonds is 4. The van der Waals surface area contributed by atoms with Crippen LogP contribution in [0.1, 0.15) is 42.7 Å². The Morgan fingerprint density at radius 1 is 1.53 bits per heavy atom. The van der Waals surface area contributed by atoms with Crippen molar-refractivity contribution in [3.05, 3.63) is 28.5 Å². The zero-order chi connectivity index (χ0) is 13.0. The van der Waals surface area contributed by atoms with Gasteiger partial charge in [0.25, 0.3) is 5.91 Å². The molecule has 1 rings (SSSR count). The number of pyridine rings is 1. The highest BCUT2D eigenvalue weighted by atomic mass is 35.5. The van der Waals surface area contributed by atoms with Crippen molar-refractivity contribution in [2.75, 3.05) is 7.05 Å². The lowest BCUT2D eigenvalue weighted by atomic mass is 10.1. The number of aromatic nitrogens is 1. The van der Waals surface area contributed by atoms with Gasteiger partial charge in [0.05, 0.1) is 0 Å². The zero-order valence-corrected chi connectivity index (χ0v) is 11.6. The number of aryl methyl sites for hydroxylation is 1. The van der Waals surface area contributed by atoms with Crippen LogP contribution in [0.3, 0.4) is 0 Å². The minimum Gasteiger partial charge on any atom is -0.339 e. The number of hydrogen-bond acceptors (Lipinski definition) is 2. The summed E-state index contributed by atoms with van der Waals surface area (Å²) in [5.74, 6) is -0.00153. The third-order valence-corrected chi connectivity index (χ3v) is 3.05. The van der Waals surface area contributed by atoms with Crippen LogP contribution in [0.5, 0.6) is 0 Å². The number of carbonyl (C=O) groups excluding carboxylic acids is 1. The first-order chi connectivity index (χ1) is 7.95. The fourth-order valence-corrected chi connectivity index (χ4v) is 2.02. The molecule has 1 heterocycles. The van der Waals surface area contributed by atoms with Crippen molar-refractivity contribution >= 4 is 17.5 Å². The highest BCUT2D eigenvalue weighted by molar-refractivity contribution is 6.29. The quantitative estimate of drug-likeness (QED) is 0.773. The largest absolute Gasteiger partial charge is 0.339 e. The van der Waals surface area contributed by atoms with Crippen LogP contribution in [-0.2, 0) is 0 Å². The van der Waals surface area contributed by atoms with Crippen molar-refractivity contribution in [2.45, 2.75) is 39.7 Å². The minimum absolute atomic E-state index is 0.00153. The summed E-state index contributed by atoms with van der Waals surface area (Å²) in [5.41, 5.74) is 1.37. The van der Waals surface area contributed by atoms with Crippen molar-refractivity contribution in [1.82, 2.24) is 9.88 Å². The molecule has 1 aromatic heterocycles. The zero-order valence-electron chi connectivity index (χ0n) is 10.8. The van der Waals surface area contributed by atoms with Gasteiger partial charge in [0, 0.05) is 24.3 Å². The molecular weight excluding hydrogens is 236 g/mol. The topological polar surface area (TPSA) is 33.2 Å². The average Bonchev–Trinajstić information content (AvgIpc) is 2.26. The van der Waals surface area contributed by atoms with Gasteiger partial charge in [0.1, 0.15) is 5.15 Å². The predicted molar refractivity (Wildman–Crippen MR) is 70.4 cm³/mol. The summed E-state index contributed by atoms with van der Waals surface area (Å²) in [6.45, 7) is 6.00. The summed E-state index contributed by atoms with van der Waals surface area (Å²) in [5, 5.41) is 0.366. The lowest BCUT2D eigenvalue weighted by Gasteiger charge is -2.24. The van der Waals surface area contributed by atoms with Gasteiger partial charge >= 0.3 is 0 Å². The smallest absolute Gasteiger partial charge is 0.254 e. The van der Waals surface area contributed by atoms with Crippen molar-refractivity contribution in [1.29, 1.82) is 0 Å². The molecule has 0 saturated carbocycles. The van der Waals surface area contributed by atoms with Crippen LogP contribution in [0.2, 0.25) is 5.15 Å². The summed E-state index contributed by atoms with van der Waals surface area (Å²) in [6.07, 6.45) is 2.06. The van der Waals surface area contributed by atoms with Crippen LogP contribution in [0.4, 0.5) is 0 Å². The maximum Gasteiger partial charge on any atom is 0.254 e. The van der Waals surface area contributed by atoms with Crippen LogP contribution in [0.15, 0.2) is 12.1 Å². The van der Waals surface area contributed by atoms with E-state index >= 15 is 0 Å². The van der Waals surface area contributed by atoms with Gasteiger partial charge < -0.3 is 4.90 Å². The molecular formula is C13H19ClN2O. The Morgan fingerprint density at radius 3 is 2.71 bits per heavy atom. The number of nitrogens with zero attached hydrogens (tertiary/aromatic N) is 2. The lowest BCUT2D eigenvalue weighted by molar-refractivity contribution is 0.0736. The average molecular weight is 255 g/mol. The molecule has 1 aromatic rings. The third kappa shape index (κ3) is 3.70. The molecule has 94 valence electrons. The molecule has 0 aliphatic heterocycles. The van der Waals surface area contributed by atoms with E-state index in [0.29, 0.717) is 10.7 Å². The molecule has 0 fully saturated rings. The highest BCUT2D eigenvalue weighted by Gasteiger charge is 2.17. The Bertz CT molecular complexity index is 386. The summed E-state index contributed by atoms with van der Waals surface area (Å²) < 4.78 is 0. The highest BCUT2D eigenvalue weighted by Crippen LogP contribution is 2.14. The van der Waals surface area contributed by atoms with E-state index in [-0.39, 0.29) is 11.9 Å². The van der Waals surface area contributed by atoms with Gasteiger partial charge in [-0.15, -0.1) is 0 Å². The van der Waals surface area contributed by atoms with Crippen LogP contribution in [-0.4, -0.2) is 28.9 Å². The number of amides is 1. The van der Waals surface area contributed by atoms with Gasteiger partial charge in [0.15, 0.2) is 0 Å². The van der Waals surface area contributed by atoms with E-state index in [1.54, 1.807) is 17.0 Å². The summed E-state index contributed by atoms with van der Waals surface area (Å²) in [6, 6.07) is 3.62. The van der Waals surface area contributed by atoms with E-state index in [4.69, 9.17) is 11.6 Å². The Kier molecular flexibility index (Phi) is 4.94. The molecule has 0 bridgehead atoms. The van der Waals surface area contributed by atoms with Crippen molar-refractivity contribution in [3.63, 3.8) is 0 Å². The van der Waals surface area contributed by atoms with E-state index < -0.39 is 0 Å². The van der Waals surface area contributed by atoms with Gasteiger partial charge in [-0.05, 0) is 32.4 Å². The molecule has 0 radical (unpaired) electrons. The van der Waals surface area contributed by atoms with Crippen molar-refractivity contribution in [3.8, 4) is 0 Å². The summed E-state index contributed by atoms with van der Waals surface area (Å²) in [7, 11) is 1.83. The fraction of sp³-hybridized carbons (Fsp3) is 0.538. The van der Waals surface area contributed by atoms with Crippen LogP contribution in [0, 0.1) is 6.92 Å². The first-order valence-electron chi connectivity index (χ1n) is 5.87. The molecule has 0 aliphatic rings. The van der Waals surface area contributed by atoms with E-state index in [1.807, 2.05) is 14.0 Å². The molecule has 17 heavy (non-hydrogen) atoms. The SMILES string of the molecule is CCCC(C)N(C)C(=O)c1cc(C)nc(Cl)c1. The maximum atomic E-state index is 12.2. The number of carbonyl (C=O) groups is 1. The van der Waals surface area contributed by atoms with Crippen molar-refractivity contribution in [2.24, 2.45) is 0 Å². The van der Waals surface area contributed by atoms with E-state index in [9.17, 15) is 4.79 Å². The van der Waals surface area contributed by atoms with Gasteiger partial charge in [-0.3, -0.25) is 4.79 Å². The monoisotopic (exact) mass is 254 g/mol. The summed E-state index contributed by atoms with van der Waals surface area (Å²) in [4.78, 5) is 18.0. The minimum atomic E-state index is -0.00153. The number of halogens is 1. The second-order valence-corrected chi connectivity index (χ2v) is 4.76. The van der Waals surface area contributed by atoms with Gasteiger partial charge in [-0.1, -0.05) is 24.9 Å². The standard InChI is InChI=1S/C13H19ClN2O/c1-5-6-10(3)16(4)13(17)11-7-9(2)15-12(14)8-11/h7-8,10H,5-6H2,1-4H3. The molecule has 1 atom stereocenters. The number of hydrogen-bond donors (Lipinski definition) is 0. The first kappa shape index (κ1) is 14.0. The maximum absolute atomic E-state index is 12.2.